The maximum Gasteiger partial charge on any atom is 0.472 e. The van der Waals surface area contributed by atoms with E-state index in [9.17, 15) is 32.7 Å². The molecule has 0 unspecified atom stereocenters. The van der Waals surface area contributed by atoms with Crippen LogP contribution in [-0.4, -0.2) is 48.5 Å². The molecule has 58 heavy (non-hydrogen) atoms. The quantitative estimate of drug-likeness (QED) is 0.133. The Kier molecular flexibility index (Phi) is 10.4. The highest BCUT2D eigenvalue weighted by atomic mass is 35.5. The van der Waals surface area contributed by atoms with Crippen LogP contribution in [0.2, 0.25) is 5.02 Å². The van der Waals surface area contributed by atoms with E-state index in [0.717, 1.165) is 64.8 Å². The number of aromatic amines is 1. The van der Waals surface area contributed by atoms with E-state index in [1.54, 1.807) is 24.4 Å². The molecule has 2 fully saturated rings. The fraction of sp³-hybridized carbons (Fsp3) is 0.222. The first kappa shape index (κ1) is 38.6. The Morgan fingerprint density at radius 3 is 2.16 bits per heavy atom. The Balaban J connectivity index is 0.000000162. The normalized spacial score (nSPS) is 13.9. The molecule has 0 saturated heterocycles. The highest BCUT2D eigenvalue weighted by Crippen LogP contribution is 2.42. The number of rotatable bonds is 10. The third-order valence-electron chi connectivity index (χ3n) is 10.5. The molecule has 4 heterocycles. The molecule has 4 aromatic heterocycles. The lowest BCUT2D eigenvalue weighted by Gasteiger charge is -2.25. The van der Waals surface area contributed by atoms with Gasteiger partial charge in [0.15, 0.2) is 11.6 Å². The summed E-state index contributed by atoms with van der Waals surface area (Å²) >= 11 is 5.98. The summed E-state index contributed by atoms with van der Waals surface area (Å²) in [5.41, 5.74) is 6.87. The van der Waals surface area contributed by atoms with E-state index in [1.807, 2.05) is 36.5 Å². The van der Waals surface area contributed by atoms with Crippen LogP contribution in [0.3, 0.4) is 0 Å². The standard InChI is InChI=1S/C25H21ClN2O2.C20H16F3N3O2/c26-21-6-1-16(2-7-21)15-28-10-9-19-11-17(3-8-24(19)28)12-23-22(25(29)30)13-20(14-27-23)18-4-5-18;1-11(27)16-9-14(12-2-3-12)10-25-18(16)26(19(28)20(21,22)23)15-4-5-17-13(8-15)6-7-24-17/h1-3,6-11,13-14,18H,4-5,12,15H2,(H,29,30);4-10,12,24H,2-3H2,1H3. The monoisotopic (exact) mass is 803 g/mol. The Bertz CT molecular complexity index is 2700. The first-order valence-electron chi connectivity index (χ1n) is 18.9. The first-order chi connectivity index (χ1) is 27.8. The Morgan fingerprint density at radius 2 is 1.50 bits per heavy atom. The van der Waals surface area contributed by atoms with Gasteiger partial charge < -0.3 is 14.7 Å². The van der Waals surface area contributed by atoms with E-state index in [4.69, 9.17) is 11.6 Å². The number of hydrogen-bond acceptors (Lipinski definition) is 5. The van der Waals surface area contributed by atoms with Crippen molar-refractivity contribution in [2.24, 2.45) is 0 Å². The number of nitrogens with zero attached hydrogens (tertiary/aromatic N) is 4. The number of alkyl halides is 3. The molecule has 2 saturated carbocycles. The van der Waals surface area contributed by atoms with Gasteiger partial charge in [0.1, 0.15) is 0 Å². The van der Waals surface area contributed by atoms with Crippen LogP contribution in [0, 0.1) is 0 Å². The van der Waals surface area contributed by atoms with Gasteiger partial charge in [0, 0.05) is 59.2 Å². The van der Waals surface area contributed by atoms with Gasteiger partial charge in [-0.3, -0.25) is 19.5 Å². The van der Waals surface area contributed by atoms with Gasteiger partial charge in [0.25, 0.3) is 0 Å². The lowest BCUT2D eigenvalue weighted by atomic mass is 10.0. The molecule has 2 N–H and O–H groups in total. The van der Waals surface area contributed by atoms with E-state index in [2.05, 4.69) is 50.0 Å². The summed E-state index contributed by atoms with van der Waals surface area (Å²) in [7, 11) is 0. The van der Waals surface area contributed by atoms with Crippen LogP contribution in [0.4, 0.5) is 24.7 Å². The van der Waals surface area contributed by atoms with Crippen molar-refractivity contribution in [2.75, 3.05) is 4.90 Å². The Labute approximate surface area is 336 Å². The van der Waals surface area contributed by atoms with Crippen molar-refractivity contribution in [3.8, 4) is 0 Å². The molecule has 9 rings (SSSR count). The zero-order valence-electron chi connectivity index (χ0n) is 31.3. The molecule has 294 valence electrons. The lowest BCUT2D eigenvalue weighted by molar-refractivity contribution is -0.169. The number of anilines is 2. The van der Waals surface area contributed by atoms with Crippen molar-refractivity contribution in [1.29, 1.82) is 0 Å². The van der Waals surface area contributed by atoms with Crippen molar-refractivity contribution < 1.29 is 32.7 Å². The summed E-state index contributed by atoms with van der Waals surface area (Å²) in [6.07, 6.45) is 6.56. The number of Topliss-reactive ketones (excluding diaryl/α,β-unsaturated/α-hetero) is 1. The minimum atomic E-state index is -5.13. The van der Waals surface area contributed by atoms with Gasteiger partial charge in [0.05, 0.1) is 22.5 Å². The summed E-state index contributed by atoms with van der Waals surface area (Å²) in [5, 5.41) is 12.2. The molecule has 2 aliphatic rings. The van der Waals surface area contributed by atoms with Crippen molar-refractivity contribution in [3.05, 3.63) is 154 Å². The van der Waals surface area contributed by atoms with Crippen LogP contribution >= 0.6 is 11.6 Å². The topological polar surface area (TPSA) is 121 Å². The van der Waals surface area contributed by atoms with Crippen molar-refractivity contribution in [3.63, 3.8) is 0 Å². The second kappa shape index (κ2) is 15.6. The number of aromatic nitrogens is 4. The predicted octanol–water partition coefficient (Wildman–Crippen LogP) is 10.8. The van der Waals surface area contributed by atoms with Gasteiger partial charge in [0.2, 0.25) is 0 Å². The van der Waals surface area contributed by atoms with E-state index in [0.29, 0.717) is 39.4 Å². The summed E-state index contributed by atoms with van der Waals surface area (Å²) in [5.74, 6) is -3.02. The maximum absolute atomic E-state index is 13.4. The minimum Gasteiger partial charge on any atom is -0.478 e. The van der Waals surface area contributed by atoms with Crippen molar-refractivity contribution in [2.45, 2.75) is 63.6 Å². The number of aromatic carboxylic acids is 1. The lowest BCUT2D eigenvalue weighted by Crippen LogP contribution is -2.39. The number of carboxylic acids is 1. The molecule has 0 atom stereocenters. The number of pyridine rings is 2. The predicted molar refractivity (Wildman–Crippen MR) is 216 cm³/mol. The highest BCUT2D eigenvalue weighted by Gasteiger charge is 2.45. The van der Waals surface area contributed by atoms with Crippen LogP contribution < -0.4 is 4.90 Å². The van der Waals surface area contributed by atoms with Gasteiger partial charge in [-0.2, -0.15) is 13.2 Å². The van der Waals surface area contributed by atoms with E-state index < -0.39 is 23.8 Å². The number of benzene rings is 3. The van der Waals surface area contributed by atoms with Crippen molar-refractivity contribution >= 4 is 62.6 Å². The average molecular weight is 804 g/mol. The fourth-order valence-corrected chi connectivity index (χ4v) is 7.27. The SMILES string of the molecule is CC(=O)c1cc(C2CC2)cnc1N(C(=O)C(F)(F)F)c1ccc2[nH]ccc2c1.O=C(O)c1cc(C2CC2)cnc1Cc1ccc2c(ccn2Cc2ccc(Cl)cc2)c1. The van der Waals surface area contributed by atoms with E-state index >= 15 is 0 Å². The fourth-order valence-electron chi connectivity index (χ4n) is 7.15. The minimum absolute atomic E-state index is 0.00355. The van der Waals surface area contributed by atoms with Crippen LogP contribution in [0.1, 0.15) is 93.1 Å². The second-order valence-corrected chi connectivity index (χ2v) is 15.3. The summed E-state index contributed by atoms with van der Waals surface area (Å²) in [6, 6.07) is 25.7. The summed E-state index contributed by atoms with van der Waals surface area (Å²) in [4.78, 5) is 48.3. The van der Waals surface area contributed by atoms with Crippen LogP contribution in [0.25, 0.3) is 21.8 Å². The van der Waals surface area contributed by atoms with E-state index in [-0.39, 0.29) is 23.0 Å². The molecule has 9 nitrogen and oxygen atoms in total. The third kappa shape index (κ3) is 8.38. The zero-order valence-corrected chi connectivity index (χ0v) is 32.0. The molecule has 13 heteroatoms. The smallest absolute Gasteiger partial charge is 0.472 e. The number of fused-ring (bicyclic) bond motifs is 2. The molecule has 1 amide bonds. The maximum atomic E-state index is 13.4. The number of hydrogen-bond donors (Lipinski definition) is 2. The van der Waals surface area contributed by atoms with Crippen molar-refractivity contribution in [1.82, 2.24) is 19.5 Å². The number of ketones is 1. The Hall–Kier alpha value is -6.27. The summed E-state index contributed by atoms with van der Waals surface area (Å²) in [6.45, 7) is 2.02. The van der Waals surface area contributed by atoms with Gasteiger partial charge in [-0.15, -0.1) is 0 Å². The number of halogens is 4. The van der Waals surface area contributed by atoms with E-state index in [1.165, 1.54) is 30.8 Å². The average Bonchev–Trinajstić information content (AvgIpc) is 4.14. The van der Waals surface area contributed by atoms with Crippen LogP contribution in [0.15, 0.2) is 110 Å². The number of carboxylic acid groups (broad SMARTS) is 1. The van der Waals surface area contributed by atoms with Crippen LogP contribution in [-0.2, 0) is 17.8 Å². The number of amides is 1. The van der Waals surface area contributed by atoms with Gasteiger partial charge >= 0.3 is 18.1 Å². The first-order valence-corrected chi connectivity index (χ1v) is 19.2. The van der Waals surface area contributed by atoms with Gasteiger partial charge in [-0.05, 0) is 139 Å². The zero-order chi connectivity index (χ0) is 40.7. The molecular weight excluding hydrogens is 767 g/mol. The molecule has 7 aromatic rings. The molecule has 0 bridgehead atoms. The van der Waals surface area contributed by atoms with Crippen LogP contribution in [0.5, 0.6) is 0 Å². The molecule has 0 aliphatic heterocycles. The third-order valence-corrected chi connectivity index (χ3v) is 10.8. The molecular formula is C45H37ClF3N5O4. The second-order valence-electron chi connectivity index (χ2n) is 14.8. The van der Waals surface area contributed by atoms with Gasteiger partial charge in [-0.25, -0.2) is 9.78 Å². The molecule has 0 spiro atoms. The molecule has 0 radical (unpaired) electrons. The molecule has 3 aromatic carbocycles. The Morgan fingerprint density at radius 1 is 0.828 bits per heavy atom. The highest BCUT2D eigenvalue weighted by molar-refractivity contribution is 6.30. The largest absolute Gasteiger partial charge is 0.478 e. The summed E-state index contributed by atoms with van der Waals surface area (Å²) < 4.78 is 42.3. The number of H-pyrrole nitrogens is 1. The number of carbonyl (C=O) groups is 3. The number of carbonyl (C=O) groups excluding carboxylic acids is 2. The van der Waals surface area contributed by atoms with Gasteiger partial charge in [-0.1, -0.05) is 29.8 Å². The molecule has 2 aliphatic carbocycles. The number of nitrogens with one attached hydrogen (secondary N) is 1.